The van der Waals surface area contributed by atoms with Crippen molar-refractivity contribution >= 4 is 35.1 Å². The minimum atomic E-state index is -1.18. The Hall–Kier alpha value is -2.26. The first kappa shape index (κ1) is 28.3. The number of carbonyl (C=O) groups is 2. The Balaban J connectivity index is 0.00000361. The van der Waals surface area contributed by atoms with Gasteiger partial charge in [-0.1, -0.05) is 35.3 Å². The summed E-state index contributed by atoms with van der Waals surface area (Å²) in [5, 5.41) is 25.5. The molecule has 0 saturated heterocycles. The number of nitrogens with one attached hydrogen (secondary N) is 1. The molecule has 1 heterocycles. The van der Waals surface area contributed by atoms with Crippen LogP contribution in [0.4, 0.5) is 0 Å². The van der Waals surface area contributed by atoms with Crippen LogP contribution in [0.3, 0.4) is 0 Å². The molecule has 0 radical (unpaired) electrons. The SMILES string of the molecule is CC(NC(=O)c1ccc(Oc2cc3c(cc2Cl)C(C(=O)[O-])CCO3)cc1)C(O)c1ccc(Cl)cc1.[Na+]. The second-order valence-electron chi connectivity index (χ2n) is 8.21. The van der Waals surface area contributed by atoms with Crippen molar-refractivity contribution in [3.63, 3.8) is 0 Å². The molecule has 1 amide bonds. The molecule has 3 aromatic rings. The first-order valence-corrected chi connectivity index (χ1v) is 11.7. The number of carboxylic acids is 1. The zero-order valence-electron chi connectivity index (χ0n) is 19.7. The summed E-state index contributed by atoms with van der Waals surface area (Å²) >= 11 is 12.2. The van der Waals surface area contributed by atoms with Crippen LogP contribution >= 0.6 is 23.2 Å². The van der Waals surface area contributed by atoms with Gasteiger partial charge in [-0.2, -0.15) is 0 Å². The third-order valence-electron chi connectivity index (χ3n) is 5.78. The van der Waals surface area contributed by atoms with Crippen molar-refractivity contribution in [1.82, 2.24) is 5.32 Å². The number of hydrogen-bond acceptors (Lipinski definition) is 6. The van der Waals surface area contributed by atoms with Gasteiger partial charge in [-0.3, -0.25) is 4.79 Å². The second-order valence-corrected chi connectivity index (χ2v) is 9.06. The zero-order chi connectivity index (χ0) is 25.1. The molecule has 1 aliphatic rings. The summed E-state index contributed by atoms with van der Waals surface area (Å²) in [6, 6.07) is 15.7. The van der Waals surface area contributed by atoms with E-state index in [1.807, 2.05) is 0 Å². The smallest absolute Gasteiger partial charge is 0.549 e. The van der Waals surface area contributed by atoms with Gasteiger partial charge in [0, 0.05) is 34.1 Å². The molecular formula is C26H22Cl2NNaO6. The number of aliphatic hydroxyl groups excluding tert-OH is 1. The Morgan fingerprint density at radius 2 is 1.78 bits per heavy atom. The molecule has 0 fully saturated rings. The molecule has 3 atom stereocenters. The van der Waals surface area contributed by atoms with Crippen LogP contribution in [0.25, 0.3) is 0 Å². The van der Waals surface area contributed by atoms with Crippen LogP contribution in [0.15, 0.2) is 60.7 Å². The molecule has 0 aromatic heterocycles. The van der Waals surface area contributed by atoms with Crippen molar-refractivity contribution in [3.8, 4) is 17.2 Å². The predicted molar refractivity (Wildman–Crippen MR) is 129 cm³/mol. The van der Waals surface area contributed by atoms with Crippen molar-refractivity contribution in [2.45, 2.75) is 31.4 Å². The molecule has 7 nitrogen and oxygen atoms in total. The fourth-order valence-electron chi connectivity index (χ4n) is 3.83. The van der Waals surface area contributed by atoms with Crippen LogP contribution in [0.2, 0.25) is 10.0 Å². The number of amides is 1. The number of carbonyl (C=O) groups excluding carboxylic acids is 2. The van der Waals surface area contributed by atoms with Crippen molar-refractivity contribution in [3.05, 3.63) is 87.4 Å². The predicted octanol–water partition coefficient (Wildman–Crippen LogP) is 1.26. The monoisotopic (exact) mass is 537 g/mol. The summed E-state index contributed by atoms with van der Waals surface area (Å²) < 4.78 is 11.4. The third kappa shape index (κ3) is 6.54. The number of rotatable bonds is 7. The molecule has 0 aliphatic carbocycles. The number of carboxylic acid groups (broad SMARTS) is 1. The van der Waals surface area contributed by atoms with Crippen LogP contribution in [-0.2, 0) is 4.79 Å². The van der Waals surface area contributed by atoms with E-state index in [0.717, 1.165) is 0 Å². The van der Waals surface area contributed by atoms with Gasteiger partial charge < -0.3 is 29.8 Å². The average molecular weight is 538 g/mol. The summed E-state index contributed by atoms with van der Waals surface area (Å²) in [5.41, 5.74) is 1.47. The van der Waals surface area contributed by atoms with Gasteiger partial charge in [-0.15, -0.1) is 0 Å². The van der Waals surface area contributed by atoms with Gasteiger partial charge in [0.05, 0.1) is 23.8 Å². The van der Waals surface area contributed by atoms with Crippen molar-refractivity contribution in [2.24, 2.45) is 0 Å². The number of aliphatic carboxylic acids is 1. The van der Waals surface area contributed by atoms with Crippen molar-refractivity contribution < 1.29 is 58.8 Å². The van der Waals surface area contributed by atoms with E-state index in [1.54, 1.807) is 61.5 Å². The molecule has 4 rings (SSSR count). The van der Waals surface area contributed by atoms with Gasteiger partial charge in [0.15, 0.2) is 0 Å². The number of ether oxygens (including phenoxy) is 2. The molecule has 2 N–H and O–H groups in total. The fourth-order valence-corrected chi connectivity index (χ4v) is 4.17. The number of halogens is 2. The molecular weight excluding hydrogens is 516 g/mol. The molecule has 3 unspecified atom stereocenters. The molecule has 36 heavy (non-hydrogen) atoms. The summed E-state index contributed by atoms with van der Waals surface area (Å²) in [5.74, 6) is -1.22. The molecule has 10 heteroatoms. The normalized spacial score (nSPS) is 15.9. The molecule has 1 aliphatic heterocycles. The molecule has 0 spiro atoms. The standard InChI is InChI=1S/C26H23Cl2NO6.Na/c1-14(24(30)15-2-6-17(27)7-3-15)29-25(31)16-4-8-18(9-5-16)35-23-13-22-20(12-21(23)28)19(26(32)33)10-11-34-22;/h2-9,12-14,19,24,30H,10-11H2,1H3,(H,29,31)(H,32,33);/q;+1/p-1. The van der Waals surface area contributed by atoms with E-state index in [4.69, 9.17) is 32.7 Å². The van der Waals surface area contributed by atoms with Crippen molar-refractivity contribution in [1.29, 1.82) is 0 Å². The summed E-state index contributed by atoms with van der Waals surface area (Å²) in [6.45, 7) is 1.96. The number of hydrogen-bond donors (Lipinski definition) is 2. The van der Waals surface area contributed by atoms with E-state index < -0.39 is 24.0 Å². The van der Waals surface area contributed by atoms with Crippen LogP contribution in [-0.4, -0.2) is 29.6 Å². The second kappa shape index (κ2) is 12.3. The van der Waals surface area contributed by atoms with E-state index in [0.29, 0.717) is 45.4 Å². The number of fused-ring (bicyclic) bond motifs is 1. The first-order chi connectivity index (χ1) is 16.7. The maximum atomic E-state index is 12.6. The van der Waals surface area contributed by atoms with Gasteiger partial charge in [0.2, 0.25) is 0 Å². The Kier molecular flexibility index (Phi) is 9.69. The fraction of sp³-hybridized carbons (Fsp3) is 0.231. The van der Waals surface area contributed by atoms with Gasteiger partial charge in [0.25, 0.3) is 5.91 Å². The zero-order valence-corrected chi connectivity index (χ0v) is 23.2. The number of benzene rings is 3. The minimum absolute atomic E-state index is 0. The maximum Gasteiger partial charge on any atom is 1.00 e. The van der Waals surface area contributed by atoms with E-state index in [1.165, 1.54) is 6.07 Å². The van der Waals surface area contributed by atoms with E-state index >= 15 is 0 Å². The molecule has 3 aromatic carbocycles. The van der Waals surface area contributed by atoms with Crippen LogP contribution in [0.1, 0.15) is 46.9 Å². The molecule has 182 valence electrons. The van der Waals surface area contributed by atoms with Crippen LogP contribution in [0.5, 0.6) is 17.2 Å². The Morgan fingerprint density at radius 3 is 2.42 bits per heavy atom. The summed E-state index contributed by atoms with van der Waals surface area (Å²) in [6.07, 6.45) is -0.589. The topological polar surface area (TPSA) is 108 Å². The molecule has 0 bridgehead atoms. The quantitative estimate of drug-likeness (QED) is 0.439. The Labute approximate surface area is 240 Å². The summed E-state index contributed by atoms with van der Waals surface area (Å²) in [7, 11) is 0. The van der Waals surface area contributed by atoms with Crippen molar-refractivity contribution in [2.75, 3.05) is 6.61 Å². The largest absolute Gasteiger partial charge is 1.00 e. The van der Waals surface area contributed by atoms with Gasteiger partial charge in [-0.25, -0.2) is 0 Å². The Bertz CT molecular complexity index is 1240. The third-order valence-corrected chi connectivity index (χ3v) is 6.32. The van der Waals surface area contributed by atoms with Gasteiger partial charge >= 0.3 is 29.6 Å². The minimum Gasteiger partial charge on any atom is -0.549 e. The van der Waals surface area contributed by atoms with Crippen LogP contribution < -0.4 is 49.5 Å². The maximum absolute atomic E-state index is 12.6. The van der Waals surface area contributed by atoms with E-state index in [2.05, 4.69) is 5.32 Å². The van der Waals surface area contributed by atoms with E-state index in [9.17, 15) is 19.8 Å². The van der Waals surface area contributed by atoms with Gasteiger partial charge in [0.1, 0.15) is 17.2 Å². The van der Waals surface area contributed by atoms with E-state index in [-0.39, 0.29) is 47.1 Å². The van der Waals surface area contributed by atoms with Gasteiger partial charge in [-0.05, 0) is 61.4 Å². The Morgan fingerprint density at radius 1 is 1.11 bits per heavy atom. The average Bonchev–Trinajstić information content (AvgIpc) is 2.84. The summed E-state index contributed by atoms with van der Waals surface area (Å²) in [4.78, 5) is 24.0. The molecule has 0 saturated carbocycles. The number of aliphatic hydroxyl groups is 1. The van der Waals surface area contributed by atoms with Crippen LogP contribution in [0, 0.1) is 0 Å². The first-order valence-electron chi connectivity index (χ1n) is 10.9.